The van der Waals surface area contributed by atoms with Crippen LogP contribution in [-0.2, 0) is 4.79 Å². The molecule has 0 aliphatic rings. The number of hydrogen-bond acceptors (Lipinski definition) is 3. The molecule has 0 saturated heterocycles. The summed E-state index contributed by atoms with van der Waals surface area (Å²) in [6.45, 7) is 0.313. The Labute approximate surface area is 93.1 Å². The minimum Gasteiger partial charge on any atom is -0.492 e. The Kier molecular flexibility index (Phi) is 4.39. The van der Waals surface area contributed by atoms with Crippen molar-refractivity contribution < 1.29 is 9.53 Å². The van der Waals surface area contributed by atoms with Crippen LogP contribution in [0.25, 0.3) is 0 Å². The lowest BCUT2D eigenvalue weighted by Gasteiger charge is -2.10. The summed E-state index contributed by atoms with van der Waals surface area (Å²) in [4.78, 5) is 10.6. The molecule has 5 heteroatoms. The molecule has 0 spiro atoms. The van der Waals surface area contributed by atoms with Crippen molar-refractivity contribution in [3.8, 4) is 5.75 Å². The molecule has 0 aromatic heterocycles. The van der Waals surface area contributed by atoms with Gasteiger partial charge in [0, 0.05) is 6.42 Å². The van der Waals surface area contributed by atoms with Crippen LogP contribution in [0, 0.1) is 0 Å². The number of rotatable bonds is 5. The average Bonchev–Trinajstić information content (AvgIpc) is 2.20. The van der Waals surface area contributed by atoms with Crippen LogP contribution in [0.15, 0.2) is 24.3 Å². The van der Waals surface area contributed by atoms with Crippen molar-refractivity contribution in [1.29, 1.82) is 0 Å². The molecule has 0 bridgehead atoms. The zero-order chi connectivity index (χ0) is 11.3. The first-order chi connectivity index (χ1) is 7.11. The lowest BCUT2D eigenvalue weighted by atomic mass is 10.2. The van der Waals surface area contributed by atoms with E-state index in [9.17, 15) is 4.79 Å². The van der Waals surface area contributed by atoms with Crippen molar-refractivity contribution in [3.63, 3.8) is 0 Å². The van der Waals surface area contributed by atoms with Crippen molar-refractivity contribution in [1.82, 2.24) is 0 Å². The van der Waals surface area contributed by atoms with Crippen LogP contribution in [0.3, 0.4) is 0 Å². The van der Waals surface area contributed by atoms with Crippen molar-refractivity contribution in [2.24, 2.45) is 11.5 Å². The Bertz CT molecular complexity index is 344. The van der Waals surface area contributed by atoms with E-state index in [1.54, 1.807) is 12.1 Å². The summed E-state index contributed by atoms with van der Waals surface area (Å²) in [6, 6.07) is 6.43. The maximum Gasteiger partial charge on any atom is 0.234 e. The number of halogens is 1. The van der Waals surface area contributed by atoms with Crippen molar-refractivity contribution in [2.45, 2.75) is 12.5 Å². The minimum absolute atomic E-state index is 0.313. The van der Waals surface area contributed by atoms with Gasteiger partial charge in [-0.1, -0.05) is 23.7 Å². The molecular weight excluding hydrogens is 216 g/mol. The number of ether oxygens (including phenoxy) is 1. The highest BCUT2D eigenvalue weighted by atomic mass is 35.5. The van der Waals surface area contributed by atoms with Gasteiger partial charge in [0.15, 0.2) is 0 Å². The summed E-state index contributed by atoms with van der Waals surface area (Å²) in [5.41, 5.74) is 10.4. The Balaban J connectivity index is 2.38. The van der Waals surface area contributed by atoms with E-state index in [0.717, 1.165) is 0 Å². The third-order valence-electron chi connectivity index (χ3n) is 1.89. The monoisotopic (exact) mass is 228 g/mol. The van der Waals surface area contributed by atoms with Crippen molar-refractivity contribution >= 4 is 17.5 Å². The number of para-hydroxylation sites is 1. The Morgan fingerprint density at radius 3 is 2.73 bits per heavy atom. The predicted octanol–water partition coefficient (Wildman–Crippen LogP) is 0.922. The van der Waals surface area contributed by atoms with Crippen LogP contribution in [0.5, 0.6) is 5.75 Å². The number of nitrogens with two attached hydrogens (primary N) is 2. The van der Waals surface area contributed by atoms with Crippen LogP contribution < -0.4 is 16.2 Å². The Morgan fingerprint density at radius 2 is 2.13 bits per heavy atom. The van der Waals surface area contributed by atoms with Gasteiger partial charge in [-0.2, -0.15) is 0 Å². The van der Waals surface area contributed by atoms with E-state index in [2.05, 4.69) is 0 Å². The molecule has 1 aromatic rings. The van der Waals surface area contributed by atoms with Gasteiger partial charge in [0.05, 0.1) is 17.7 Å². The van der Waals surface area contributed by atoms with E-state index < -0.39 is 11.9 Å². The van der Waals surface area contributed by atoms with Gasteiger partial charge in [0.2, 0.25) is 5.91 Å². The molecule has 4 N–H and O–H groups in total. The lowest BCUT2D eigenvalue weighted by molar-refractivity contribution is -0.119. The molecule has 1 amide bonds. The van der Waals surface area contributed by atoms with Crippen LogP contribution >= 0.6 is 11.6 Å². The SMILES string of the molecule is NC(=O)C(N)CCOc1ccccc1Cl. The molecule has 1 rings (SSSR count). The maximum absolute atomic E-state index is 10.6. The second-order valence-electron chi connectivity index (χ2n) is 3.08. The zero-order valence-corrected chi connectivity index (χ0v) is 8.91. The molecular formula is C10H13ClN2O2. The number of hydrogen-bond donors (Lipinski definition) is 2. The first-order valence-corrected chi connectivity index (χ1v) is 4.91. The van der Waals surface area contributed by atoms with Crippen LogP contribution in [-0.4, -0.2) is 18.6 Å². The van der Waals surface area contributed by atoms with Crippen LogP contribution in [0.1, 0.15) is 6.42 Å². The number of benzene rings is 1. The molecule has 0 aliphatic heterocycles. The molecule has 1 atom stereocenters. The van der Waals surface area contributed by atoms with E-state index in [0.29, 0.717) is 23.8 Å². The van der Waals surface area contributed by atoms with Gasteiger partial charge in [0.1, 0.15) is 5.75 Å². The quantitative estimate of drug-likeness (QED) is 0.787. The first kappa shape index (κ1) is 11.8. The van der Waals surface area contributed by atoms with Gasteiger partial charge in [-0.3, -0.25) is 4.79 Å². The van der Waals surface area contributed by atoms with Gasteiger partial charge >= 0.3 is 0 Å². The third kappa shape index (κ3) is 3.77. The van der Waals surface area contributed by atoms with E-state index in [1.807, 2.05) is 12.1 Å². The standard InChI is InChI=1S/C10H13ClN2O2/c11-7-3-1-2-4-9(7)15-6-5-8(12)10(13)14/h1-4,8H,5-6,12H2,(H2,13,14). The predicted molar refractivity (Wildman–Crippen MR) is 58.7 cm³/mol. The molecule has 1 aromatic carbocycles. The summed E-state index contributed by atoms with van der Waals surface area (Å²) in [6.07, 6.45) is 0.376. The van der Waals surface area contributed by atoms with E-state index in [1.165, 1.54) is 0 Å². The molecule has 82 valence electrons. The second-order valence-corrected chi connectivity index (χ2v) is 3.48. The fourth-order valence-electron chi connectivity index (χ4n) is 1.000. The van der Waals surface area contributed by atoms with Crippen molar-refractivity contribution in [2.75, 3.05) is 6.61 Å². The molecule has 0 radical (unpaired) electrons. The summed E-state index contributed by atoms with van der Waals surface area (Å²) in [7, 11) is 0. The van der Waals surface area contributed by atoms with E-state index >= 15 is 0 Å². The van der Waals surface area contributed by atoms with Crippen LogP contribution in [0.2, 0.25) is 5.02 Å². The van der Waals surface area contributed by atoms with Gasteiger partial charge in [-0.05, 0) is 12.1 Å². The van der Waals surface area contributed by atoms with Crippen molar-refractivity contribution in [3.05, 3.63) is 29.3 Å². The summed E-state index contributed by atoms with van der Waals surface area (Å²) in [5, 5.41) is 0.533. The zero-order valence-electron chi connectivity index (χ0n) is 8.15. The summed E-state index contributed by atoms with van der Waals surface area (Å²) in [5.74, 6) is 0.0496. The number of primary amides is 1. The Morgan fingerprint density at radius 1 is 1.47 bits per heavy atom. The van der Waals surface area contributed by atoms with E-state index in [4.69, 9.17) is 27.8 Å². The fraction of sp³-hybridized carbons (Fsp3) is 0.300. The molecule has 1 unspecified atom stereocenters. The Hall–Kier alpha value is -1.26. The number of carbonyl (C=O) groups is 1. The van der Waals surface area contributed by atoms with Gasteiger partial charge in [-0.15, -0.1) is 0 Å². The fourth-order valence-corrected chi connectivity index (χ4v) is 1.19. The van der Waals surface area contributed by atoms with E-state index in [-0.39, 0.29) is 0 Å². The van der Waals surface area contributed by atoms with Crippen LogP contribution in [0.4, 0.5) is 0 Å². The first-order valence-electron chi connectivity index (χ1n) is 4.53. The summed E-state index contributed by atoms with van der Waals surface area (Å²) < 4.78 is 5.34. The molecule has 0 fully saturated rings. The normalized spacial score (nSPS) is 12.1. The highest BCUT2D eigenvalue weighted by molar-refractivity contribution is 6.32. The highest BCUT2D eigenvalue weighted by Crippen LogP contribution is 2.23. The van der Waals surface area contributed by atoms with Gasteiger partial charge in [0.25, 0.3) is 0 Å². The topological polar surface area (TPSA) is 78.3 Å². The molecule has 4 nitrogen and oxygen atoms in total. The van der Waals surface area contributed by atoms with Gasteiger partial charge < -0.3 is 16.2 Å². The maximum atomic E-state index is 10.6. The second kappa shape index (κ2) is 5.58. The average molecular weight is 229 g/mol. The third-order valence-corrected chi connectivity index (χ3v) is 2.20. The molecule has 15 heavy (non-hydrogen) atoms. The largest absolute Gasteiger partial charge is 0.492 e. The highest BCUT2D eigenvalue weighted by Gasteiger charge is 2.09. The summed E-state index contributed by atoms with van der Waals surface area (Å²) >= 11 is 5.85. The molecule has 0 aliphatic carbocycles. The van der Waals surface area contributed by atoms with Gasteiger partial charge in [-0.25, -0.2) is 0 Å². The molecule has 0 heterocycles. The number of amides is 1. The minimum atomic E-state index is -0.674. The smallest absolute Gasteiger partial charge is 0.234 e. The number of carbonyl (C=O) groups excluding carboxylic acids is 1. The molecule has 0 saturated carbocycles. The lowest BCUT2D eigenvalue weighted by Crippen LogP contribution is -2.37.